The Morgan fingerprint density at radius 1 is 1.15 bits per heavy atom. The van der Waals surface area contributed by atoms with Gasteiger partial charge in [-0.15, -0.1) is 0 Å². The minimum Gasteiger partial charge on any atom is -0.478 e. The number of carboxylic acid groups (broad SMARTS) is 2. The molecule has 6 nitrogen and oxygen atoms in total. The molecule has 2 aromatic rings. The van der Waals surface area contributed by atoms with Crippen molar-refractivity contribution in [2.24, 2.45) is 0 Å². The lowest BCUT2D eigenvalue weighted by molar-refractivity contribution is 0.0681. The largest absolute Gasteiger partial charge is 0.478 e. The Hall–Kier alpha value is -2.63. The summed E-state index contributed by atoms with van der Waals surface area (Å²) in [6.07, 6.45) is 0. The molecule has 0 saturated carbocycles. The number of aromatic nitrogens is 2. The second-order valence-corrected chi connectivity index (χ2v) is 4.68. The van der Waals surface area contributed by atoms with Gasteiger partial charge in [0.05, 0.1) is 11.3 Å². The van der Waals surface area contributed by atoms with Crippen LogP contribution in [-0.2, 0) is 0 Å². The van der Waals surface area contributed by atoms with E-state index in [-0.39, 0.29) is 17.2 Å². The number of nitrogens with zero attached hydrogens (tertiary/aromatic N) is 2. The smallest absolute Gasteiger partial charge is 0.356 e. The maximum atomic E-state index is 11.0. The third-order valence-electron chi connectivity index (χ3n) is 2.89. The number of hydrogen-bond donors (Lipinski definition) is 2. The van der Waals surface area contributed by atoms with E-state index in [1.54, 1.807) is 12.1 Å². The minimum atomic E-state index is -1.11. The first-order valence-corrected chi connectivity index (χ1v) is 6.07. The van der Waals surface area contributed by atoms with Crippen molar-refractivity contribution in [2.45, 2.75) is 19.8 Å². The molecule has 2 N–H and O–H groups in total. The summed E-state index contributed by atoms with van der Waals surface area (Å²) in [5.74, 6) is -2.09. The molecular formula is C14H14N2O4. The summed E-state index contributed by atoms with van der Waals surface area (Å²) in [5.41, 5.74) is 1.31. The standard InChI is InChI=1S/C14H14N2O4/c1-8(2)12-7-11(14(19)20)15-16(12)10-5-3-4-9(6-10)13(17)18/h3-8H,1-2H3,(H,17,18)(H,19,20). The van der Waals surface area contributed by atoms with Gasteiger partial charge < -0.3 is 10.2 Å². The third kappa shape index (κ3) is 2.54. The number of hydrogen-bond acceptors (Lipinski definition) is 3. The zero-order chi connectivity index (χ0) is 14.9. The molecule has 0 amide bonds. The van der Waals surface area contributed by atoms with E-state index in [0.717, 1.165) is 0 Å². The summed E-state index contributed by atoms with van der Waals surface area (Å²) in [5, 5.41) is 22.1. The molecular weight excluding hydrogens is 260 g/mol. The van der Waals surface area contributed by atoms with Crippen LogP contribution in [0.2, 0.25) is 0 Å². The number of aromatic carboxylic acids is 2. The van der Waals surface area contributed by atoms with Gasteiger partial charge in [0.15, 0.2) is 5.69 Å². The van der Waals surface area contributed by atoms with Gasteiger partial charge >= 0.3 is 11.9 Å². The Bertz CT molecular complexity index is 674. The van der Waals surface area contributed by atoms with E-state index in [0.29, 0.717) is 11.4 Å². The van der Waals surface area contributed by atoms with Crippen LogP contribution >= 0.6 is 0 Å². The summed E-state index contributed by atoms with van der Waals surface area (Å²) < 4.78 is 1.47. The average molecular weight is 274 g/mol. The summed E-state index contributed by atoms with van der Waals surface area (Å²) in [7, 11) is 0. The molecule has 0 bridgehead atoms. The lowest BCUT2D eigenvalue weighted by Gasteiger charge is -2.10. The Balaban J connectivity index is 2.59. The fourth-order valence-electron chi connectivity index (χ4n) is 1.89. The van der Waals surface area contributed by atoms with E-state index < -0.39 is 11.9 Å². The maximum absolute atomic E-state index is 11.0. The normalized spacial score (nSPS) is 10.8. The van der Waals surface area contributed by atoms with Crippen LogP contribution in [0.25, 0.3) is 5.69 Å². The molecule has 20 heavy (non-hydrogen) atoms. The molecule has 0 aliphatic carbocycles. The van der Waals surface area contributed by atoms with Crippen LogP contribution in [0.1, 0.15) is 46.3 Å². The molecule has 0 saturated heterocycles. The molecule has 1 aromatic carbocycles. The molecule has 0 aliphatic heterocycles. The van der Waals surface area contributed by atoms with E-state index in [1.807, 2.05) is 13.8 Å². The first-order valence-electron chi connectivity index (χ1n) is 6.07. The predicted molar refractivity (Wildman–Crippen MR) is 71.6 cm³/mol. The quantitative estimate of drug-likeness (QED) is 0.893. The first kappa shape index (κ1) is 13.8. The SMILES string of the molecule is CC(C)c1cc(C(=O)O)nn1-c1cccc(C(=O)O)c1. The van der Waals surface area contributed by atoms with Crippen LogP contribution in [0.5, 0.6) is 0 Å². The highest BCUT2D eigenvalue weighted by atomic mass is 16.4. The van der Waals surface area contributed by atoms with Gasteiger partial charge in [0.1, 0.15) is 0 Å². The fraction of sp³-hybridized carbons (Fsp3) is 0.214. The lowest BCUT2D eigenvalue weighted by atomic mass is 10.1. The highest BCUT2D eigenvalue weighted by Crippen LogP contribution is 2.21. The Morgan fingerprint density at radius 2 is 1.85 bits per heavy atom. The summed E-state index contributed by atoms with van der Waals surface area (Å²) in [4.78, 5) is 22.0. The molecule has 0 fully saturated rings. The molecule has 0 unspecified atom stereocenters. The number of benzene rings is 1. The van der Waals surface area contributed by atoms with Crippen molar-refractivity contribution in [3.63, 3.8) is 0 Å². The van der Waals surface area contributed by atoms with Gasteiger partial charge in [-0.1, -0.05) is 19.9 Å². The van der Waals surface area contributed by atoms with Crippen LogP contribution in [-0.4, -0.2) is 31.9 Å². The highest BCUT2D eigenvalue weighted by molar-refractivity contribution is 5.88. The number of rotatable bonds is 4. The maximum Gasteiger partial charge on any atom is 0.356 e. The van der Waals surface area contributed by atoms with Gasteiger partial charge in [-0.2, -0.15) is 5.10 Å². The van der Waals surface area contributed by atoms with Gasteiger partial charge in [-0.3, -0.25) is 0 Å². The lowest BCUT2D eigenvalue weighted by Crippen LogP contribution is -2.06. The molecule has 1 aromatic heterocycles. The molecule has 104 valence electrons. The van der Waals surface area contributed by atoms with Gasteiger partial charge in [-0.05, 0) is 30.2 Å². The molecule has 2 rings (SSSR count). The Kier molecular flexibility index (Phi) is 3.56. The predicted octanol–water partition coefficient (Wildman–Crippen LogP) is 2.39. The van der Waals surface area contributed by atoms with E-state index in [1.165, 1.54) is 22.9 Å². The zero-order valence-electron chi connectivity index (χ0n) is 11.1. The van der Waals surface area contributed by atoms with Crippen molar-refractivity contribution in [3.05, 3.63) is 47.3 Å². The van der Waals surface area contributed by atoms with Crippen LogP contribution < -0.4 is 0 Å². The summed E-state index contributed by atoms with van der Waals surface area (Å²) in [6.45, 7) is 3.83. The molecule has 1 heterocycles. The number of carbonyl (C=O) groups is 2. The summed E-state index contributed by atoms with van der Waals surface area (Å²) >= 11 is 0. The van der Waals surface area contributed by atoms with Crippen LogP contribution in [0, 0.1) is 0 Å². The highest BCUT2D eigenvalue weighted by Gasteiger charge is 2.17. The monoisotopic (exact) mass is 274 g/mol. The zero-order valence-corrected chi connectivity index (χ0v) is 11.1. The fourth-order valence-corrected chi connectivity index (χ4v) is 1.89. The van der Waals surface area contributed by atoms with Crippen molar-refractivity contribution in [2.75, 3.05) is 0 Å². The van der Waals surface area contributed by atoms with Gasteiger partial charge in [0.2, 0.25) is 0 Å². The van der Waals surface area contributed by atoms with Gasteiger partial charge in [0.25, 0.3) is 0 Å². The van der Waals surface area contributed by atoms with Crippen molar-refractivity contribution in [3.8, 4) is 5.69 Å². The Morgan fingerprint density at radius 3 is 2.40 bits per heavy atom. The van der Waals surface area contributed by atoms with E-state index in [2.05, 4.69) is 5.10 Å². The Labute approximate surface area is 115 Å². The van der Waals surface area contributed by atoms with Crippen molar-refractivity contribution in [1.82, 2.24) is 9.78 Å². The van der Waals surface area contributed by atoms with Gasteiger partial charge in [0, 0.05) is 5.69 Å². The van der Waals surface area contributed by atoms with E-state index in [9.17, 15) is 9.59 Å². The molecule has 0 atom stereocenters. The molecule has 0 spiro atoms. The minimum absolute atomic E-state index is 0.0593. The molecule has 0 radical (unpaired) electrons. The topological polar surface area (TPSA) is 92.4 Å². The second kappa shape index (κ2) is 5.16. The third-order valence-corrected chi connectivity index (χ3v) is 2.89. The number of carboxylic acids is 2. The van der Waals surface area contributed by atoms with Crippen molar-refractivity contribution >= 4 is 11.9 Å². The van der Waals surface area contributed by atoms with Crippen molar-refractivity contribution in [1.29, 1.82) is 0 Å². The van der Waals surface area contributed by atoms with Gasteiger partial charge in [-0.25, -0.2) is 14.3 Å². The van der Waals surface area contributed by atoms with Crippen LogP contribution in [0.15, 0.2) is 30.3 Å². The van der Waals surface area contributed by atoms with E-state index >= 15 is 0 Å². The van der Waals surface area contributed by atoms with Crippen LogP contribution in [0.4, 0.5) is 0 Å². The average Bonchev–Trinajstić information content (AvgIpc) is 2.84. The van der Waals surface area contributed by atoms with E-state index in [4.69, 9.17) is 10.2 Å². The first-order chi connectivity index (χ1) is 9.40. The summed E-state index contributed by atoms with van der Waals surface area (Å²) in [6, 6.07) is 7.73. The molecule has 0 aliphatic rings. The second-order valence-electron chi connectivity index (χ2n) is 4.68. The molecule has 6 heteroatoms. The van der Waals surface area contributed by atoms with Crippen molar-refractivity contribution < 1.29 is 19.8 Å². The van der Waals surface area contributed by atoms with Crippen LogP contribution in [0.3, 0.4) is 0 Å².